The number of unbranched alkanes of at least 4 members (excludes halogenated alkanes) is 56. The zero-order valence-electron chi connectivity index (χ0n) is 69.7. The molecule has 5 atom stereocenters. The molecular weight excluding hydrogens is 1380 g/mol. The topological polar surface area (TPSA) is 237 Å². The van der Waals surface area contributed by atoms with Crippen molar-refractivity contribution in [3.63, 3.8) is 0 Å². The fourth-order valence-corrected chi connectivity index (χ4v) is 15.2. The third-order valence-electron chi connectivity index (χ3n) is 20.5. The first-order valence-corrected chi connectivity index (χ1v) is 48.0. The lowest BCUT2D eigenvalue weighted by molar-refractivity contribution is -0.161. The molecule has 17 nitrogen and oxygen atoms in total. The number of carbonyl (C=O) groups is 4. The molecule has 106 heavy (non-hydrogen) atoms. The Hall–Kier alpha value is -1.94. The second-order valence-electron chi connectivity index (χ2n) is 32.2. The van der Waals surface area contributed by atoms with E-state index in [2.05, 4.69) is 41.5 Å². The maximum Gasteiger partial charge on any atom is 0.472 e. The smallest absolute Gasteiger partial charge is 0.462 e. The second-order valence-corrected chi connectivity index (χ2v) is 35.1. The Balaban J connectivity index is 5.09. The summed E-state index contributed by atoms with van der Waals surface area (Å²) in [5.41, 5.74) is 0. The molecule has 630 valence electrons. The lowest BCUT2D eigenvalue weighted by atomic mass is 10.0. The standard InChI is InChI=1S/C87H170O17P2/c1-7-9-11-13-14-15-16-17-18-19-20-21-22-26-32-37-42-47-52-58-64-70-85(90)98-76-83(104-87(92)72-66-60-53-48-43-38-33-27-24-23-25-30-35-40-45-50-56-61-67-79(3)4)78-102-106(95,96)100-74-81(88)73-99-105(93,94)101-77-82(75-97-84(89)69-63-55-12-10-8-2)103-86(91)71-65-59-54-49-44-39-34-29-28-31-36-41-46-51-57-62-68-80(5)6/h79-83,88H,7-78H2,1-6H3,(H,93,94)(H,95,96)/t81-,82+,83+/m0/s1. The van der Waals surface area contributed by atoms with Crippen LogP contribution in [0.25, 0.3) is 0 Å². The number of aliphatic hydroxyl groups is 1. The molecule has 0 saturated heterocycles. The molecule has 19 heteroatoms. The highest BCUT2D eigenvalue weighted by molar-refractivity contribution is 7.47. The first-order valence-electron chi connectivity index (χ1n) is 45.0. The van der Waals surface area contributed by atoms with Gasteiger partial charge in [0.1, 0.15) is 19.3 Å². The summed E-state index contributed by atoms with van der Waals surface area (Å²) in [7, 11) is -9.92. The van der Waals surface area contributed by atoms with Crippen molar-refractivity contribution in [2.24, 2.45) is 11.8 Å². The molecule has 0 aromatic heterocycles. The van der Waals surface area contributed by atoms with Crippen LogP contribution in [0.4, 0.5) is 0 Å². The average molecular weight is 1550 g/mol. The Kier molecular flexibility index (Phi) is 76.9. The van der Waals surface area contributed by atoms with Crippen molar-refractivity contribution in [2.75, 3.05) is 39.6 Å². The van der Waals surface area contributed by atoms with Crippen LogP contribution in [0, 0.1) is 11.8 Å². The van der Waals surface area contributed by atoms with E-state index in [0.29, 0.717) is 25.7 Å². The normalized spacial score (nSPS) is 13.8. The fraction of sp³-hybridized carbons (Fsp3) is 0.954. The van der Waals surface area contributed by atoms with Crippen LogP contribution in [-0.4, -0.2) is 96.7 Å². The fourth-order valence-electron chi connectivity index (χ4n) is 13.6. The third-order valence-corrected chi connectivity index (χ3v) is 22.4. The molecular formula is C87H170O17P2. The van der Waals surface area contributed by atoms with E-state index in [1.165, 1.54) is 276 Å². The zero-order chi connectivity index (χ0) is 77.8. The van der Waals surface area contributed by atoms with E-state index < -0.39 is 97.5 Å². The summed E-state index contributed by atoms with van der Waals surface area (Å²) in [5, 5.41) is 10.6. The molecule has 0 heterocycles. The van der Waals surface area contributed by atoms with Gasteiger partial charge in [0, 0.05) is 25.7 Å². The van der Waals surface area contributed by atoms with Crippen LogP contribution in [0.3, 0.4) is 0 Å². The first-order chi connectivity index (χ1) is 51.4. The van der Waals surface area contributed by atoms with E-state index in [9.17, 15) is 43.2 Å². The minimum absolute atomic E-state index is 0.107. The third kappa shape index (κ3) is 80.1. The quantitative estimate of drug-likeness (QED) is 0.0222. The van der Waals surface area contributed by atoms with E-state index in [0.717, 1.165) is 108 Å². The molecule has 0 saturated carbocycles. The Labute approximate surface area is 651 Å². The van der Waals surface area contributed by atoms with Gasteiger partial charge in [-0.25, -0.2) is 9.13 Å². The number of hydrogen-bond donors (Lipinski definition) is 3. The van der Waals surface area contributed by atoms with Crippen LogP contribution in [0.5, 0.6) is 0 Å². The Morgan fingerprint density at radius 1 is 0.255 bits per heavy atom. The molecule has 0 aliphatic heterocycles. The molecule has 0 aliphatic rings. The van der Waals surface area contributed by atoms with Gasteiger partial charge in [0.05, 0.1) is 26.4 Å². The van der Waals surface area contributed by atoms with Crippen LogP contribution in [-0.2, 0) is 65.4 Å². The number of rotatable bonds is 86. The monoisotopic (exact) mass is 1550 g/mol. The van der Waals surface area contributed by atoms with Gasteiger partial charge < -0.3 is 33.8 Å². The number of hydrogen-bond acceptors (Lipinski definition) is 15. The summed E-state index contributed by atoms with van der Waals surface area (Å²) in [6.45, 7) is 9.65. The largest absolute Gasteiger partial charge is 0.472 e. The Bertz CT molecular complexity index is 2030. The van der Waals surface area contributed by atoms with Gasteiger partial charge in [0.15, 0.2) is 12.2 Å². The lowest BCUT2D eigenvalue weighted by Crippen LogP contribution is -2.30. The summed E-state index contributed by atoms with van der Waals surface area (Å²) in [6.07, 6.45) is 71.5. The van der Waals surface area contributed by atoms with Gasteiger partial charge in [-0.15, -0.1) is 0 Å². The molecule has 0 radical (unpaired) electrons. The van der Waals surface area contributed by atoms with Gasteiger partial charge in [0.25, 0.3) is 0 Å². The highest BCUT2D eigenvalue weighted by Crippen LogP contribution is 2.45. The Morgan fingerprint density at radius 3 is 0.642 bits per heavy atom. The predicted octanol–water partition coefficient (Wildman–Crippen LogP) is 26.6. The lowest BCUT2D eigenvalue weighted by Gasteiger charge is -2.21. The zero-order valence-corrected chi connectivity index (χ0v) is 71.5. The Morgan fingerprint density at radius 2 is 0.434 bits per heavy atom. The molecule has 0 aliphatic carbocycles. The molecule has 0 aromatic rings. The number of ether oxygens (including phenoxy) is 4. The van der Waals surface area contributed by atoms with Crippen molar-refractivity contribution in [3.8, 4) is 0 Å². The summed E-state index contributed by atoms with van der Waals surface area (Å²) in [6, 6.07) is 0. The maximum absolute atomic E-state index is 13.1. The maximum atomic E-state index is 13.1. The summed E-state index contributed by atoms with van der Waals surface area (Å²) in [5.74, 6) is -0.484. The van der Waals surface area contributed by atoms with Crippen molar-refractivity contribution in [1.29, 1.82) is 0 Å². The van der Waals surface area contributed by atoms with Crippen molar-refractivity contribution >= 4 is 39.5 Å². The van der Waals surface area contributed by atoms with Crippen LogP contribution in [0.15, 0.2) is 0 Å². The average Bonchev–Trinajstić information content (AvgIpc) is 0.928. The van der Waals surface area contributed by atoms with Gasteiger partial charge in [-0.2, -0.15) is 0 Å². The van der Waals surface area contributed by atoms with E-state index in [1.54, 1.807) is 0 Å². The van der Waals surface area contributed by atoms with Gasteiger partial charge >= 0.3 is 39.5 Å². The van der Waals surface area contributed by atoms with Crippen molar-refractivity contribution in [2.45, 2.75) is 484 Å². The minimum atomic E-state index is -4.96. The number of phosphoric ester groups is 2. The van der Waals surface area contributed by atoms with Crippen molar-refractivity contribution < 1.29 is 80.2 Å². The highest BCUT2D eigenvalue weighted by Gasteiger charge is 2.30. The number of carbonyl (C=O) groups excluding carboxylic acids is 4. The molecule has 0 bridgehead atoms. The van der Waals surface area contributed by atoms with E-state index in [-0.39, 0.29) is 25.7 Å². The SMILES string of the molecule is CCCCCCCCCCCCCCCCCCCCCCCC(=O)OC[C@H](COP(=O)(O)OC[C@@H](O)COP(=O)(O)OC[C@@H](COC(=O)CCCCCCC)OC(=O)CCCCCCCCCCCCCCCCCCC(C)C)OC(=O)CCCCCCCCCCCCCCCCCCCCC(C)C. The van der Waals surface area contributed by atoms with Gasteiger partial charge in [-0.1, -0.05) is 414 Å². The molecule has 0 fully saturated rings. The molecule has 0 spiro atoms. The van der Waals surface area contributed by atoms with Crippen LogP contribution in [0.1, 0.15) is 465 Å². The van der Waals surface area contributed by atoms with E-state index in [4.69, 9.17) is 37.0 Å². The minimum Gasteiger partial charge on any atom is -0.462 e. The second kappa shape index (κ2) is 78.3. The van der Waals surface area contributed by atoms with E-state index in [1.807, 2.05) is 0 Å². The molecule has 0 aromatic carbocycles. The number of phosphoric acid groups is 2. The summed E-state index contributed by atoms with van der Waals surface area (Å²) >= 11 is 0. The van der Waals surface area contributed by atoms with Crippen LogP contribution in [0.2, 0.25) is 0 Å². The molecule has 0 amide bonds. The molecule has 3 N–H and O–H groups in total. The van der Waals surface area contributed by atoms with Gasteiger partial charge in [0.2, 0.25) is 0 Å². The van der Waals surface area contributed by atoms with Crippen molar-refractivity contribution in [3.05, 3.63) is 0 Å². The van der Waals surface area contributed by atoms with Crippen LogP contribution >= 0.6 is 15.6 Å². The first kappa shape index (κ1) is 104. The highest BCUT2D eigenvalue weighted by atomic mass is 31.2. The number of aliphatic hydroxyl groups excluding tert-OH is 1. The van der Waals surface area contributed by atoms with Gasteiger partial charge in [-0.3, -0.25) is 37.3 Å². The van der Waals surface area contributed by atoms with E-state index >= 15 is 0 Å². The van der Waals surface area contributed by atoms with Crippen LogP contribution < -0.4 is 0 Å². The van der Waals surface area contributed by atoms with Gasteiger partial charge in [-0.05, 0) is 37.5 Å². The molecule has 0 rings (SSSR count). The number of esters is 4. The summed E-state index contributed by atoms with van der Waals surface area (Å²) < 4.78 is 68.7. The predicted molar refractivity (Wildman–Crippen MR) is 437 cm³/mol. The molecule has 2 unspecified atom stereocenters. The van der Waals surface area contributed by atoms with Crippen molar-refractivity contribution in [1.82, 2.24) is 0 Å². The summed E-state index contributed by atoms with van der Waals surface area (Å²) in [4.78, 5) is 72.9.